The van der Waals surface area contributed by atoms with Gasteiger partial charge in [0.2, 0.25) is 0 Å². The van der Waals surface area contributed by atoms with Crippen molar-refractivity contribution >= 4 is 17.7 Å². The van der Waals surface area contributed by atoms with Crippen LogP contribution in [0.15, 0.2) is 36.2 Å². The van der Waals surface area contributed by atoms with Gasteiger partial charge in [-0.25, -0.2) is 4.98 Å². The molecule has 0 amide bonds. The van der Waals surface area contributed by atoms with Gasteiger partial charge in [0.25, 0.3) is 0 Å². The fourth-order valence-electron chi connectivity index (χ4n) is 3.81. The molecule has 0 aromatic carbocycles. The second kappa shape index (κ2) is 7.95. The molecule has 28 heavy (non-hydrogen) atoms. The van der Waals surface area contributed by atoms with Crippen LogP contribution in [0, 0.1) is 12.3 Å². The summed E-state index contributed by atoms with van der Waals surface area (Å²) in [5.74, 6) is 3.81. The predicted octanol–water partition coefficient (Wildman–Crippen LogP) is 2.70. The van der Waals surface area contributed by atoms with Gasteiger partial charge in [0.1, 0.15) is 5.82 Å². The number of Topliss-reactive ketones (excluding diaryl/α,β-unsaturated/α-hetero) is 1. The van der Waals surface area contributed by atoms with Crippen molar-refractivity contribution in [1.82, 2.24) is 14.9 Å². The molecule has 2 aromatic heterocycles. The molecule has 142 valence electrons. The first-order valence-electron chi connectivity index (χ1n) is 9.78. The summed E-state index contributed by atoms with van der Waals surface area (Å²) in [7, 11) is 0. The van der Waals surface area contributed by atoms with Crippen molar-refractivity contribution in [3.8, 4) is 12.3 Å². The van der Waals surface area contributed by atoms with E-state index >= 15 is 0 Å². The van der Waals surface area contributed by atoms with Crippen molar-refractivity contribution in [2.45, 2.75) is 26.3 Å². The SMILES string of the molecule is C#Cc1ccc(N2CCN(Cc3cnc4c(c3)CC(=O)C(CC)=C4)CC2)nc1. The Bertz CT molecular complexity index is 948. The molecule has 0 saturated carbocycles. The fourth-order valence-corrected chi connectivity index (χ4v) is 3.81. The van der Waals surface area contributed by atoms with E-state index in [1.165, 1.54) is 5.56 Å². The highest BCUT2D eigenvalue weighted by Crippen LogP contribution is 2.23. The second-order valence-electron chi connectivity index (χ2n) is 7.32. The molecule has 0 radical (unpaired) electrons. The summed E-state index contributed by atoms with van der Waals surface area (Å²) >= 11 is 0. The summed E-state index contributed by atoms with van der Waals surface area (Å²) < 4.78 is 0. The van der Waals surface area contributed by atoms with Crippen LogP contribution in [-0.4, -0.2) is 46.8 Å². The highest BCUT2D eigenvalue weighted by Gasteiger charge is 2.21. The number of anilines is 1. The highest BCUT2D eigenvalue weighted by molar-refractivity contribution is 6.03. The molecule has 0 spiro atoms. The van der Waals surface area contributed by atoms with E-state index in [1.807, 2.05) is 31.3 Å². The minimum Gasteiger partial charge on any atom is -0.354 e. The first-order valence-corrected chi connectivity index (χ1v) is 9.78. The molecular formula is C23H24N4O. The van der Waals surface area contributed by atoms with Gasteiger partial charge in [-0.1, -0.05) is 18.9 Å². The van der Waals surface area contributed by atoms with Gasteiger partial charge in [-0.3, -0.25) is 14.7 Å². The number of carbonyl (C=O) groups is 1. The Morgan fingerprint density at radius 3 is 2.64 bits per heavy atom. The molecule has 2 aromatic rings. The monoisotopic (exact) mass is 372 g/mol. The van der Waals surface area contributed by atoms with Crippen molar-refractivity contribution in [1.29, 1.82) is 0 Å². The van der Waals surface area contributed by atoms with Gasteiger partial charge in [-0.05, 0) is 41.3 Å². The molecule has 1 fully saturated rings. The van der Waals surface area contributed by atoms with Crippen molar-refractivity contribution in [3.63, 3.8) is 0 Å². The van der Waals surface area contributed by atoms with E-state index in [2.05, 4.69) is 31.8 Å². The van der Waals surface area contributed by atoms with Gasteiger partial charge >= 0.3 is 0 Å². The lowest BCUT2D eigenvalue weighted by molar-refractivity contribution is -0.115. The third-order valence-corrected chi connectivity index (χ3v) is 5.48. The Morgan fingerprint density at radius 2 is 1.96 bits per heavy atom. The minimum absolute atomic E-state index is 0.228. The fraction of sp³-hybridized carbons (Fsp3) is 0.348. The lowest BCUT2D eigenvalue weighted by atomic mass is 9.92. The van der Waals surface area contributed by atoms with E-state index < -0.39 is 0 Å². The molecule has 1 aliphatic heterocycles. The Hall–Kier alpha value is -2.97. The van der Waals surface area contributed by atoms with Gasteiger partial charge in [0.15, 0.2) is 5.78 Å². The molecule has 0 unspecified atom stereocenters. The number of allylic oxidation sites excluding steroid dienone is 1. The Kier molecular flexibility index (Phi) is 5.23. The number of hydrogen-bond acceptors (Lipinski definition) is 5. The average Bonchev–Trinajstić information content (AvgIpc) is 2.74. The average molecular weight is 372 g/mol. The Labute approximate surface area is 166 Å². The molecule has 0 N–H and O–H groups in total. The van der Waals surface area contributed by atoms with Crippen LogP contribution in [-0.2, 0) is 17.8 Å². The van der Waals surface area contributed by atoms with Gasteiger partial charge in [-0.2, -0.15) is 0 Å². The van der Waals surface area contributed by atoms with Gasteiger partial charge in [0, 0.05) is 57.1 Å². The zero-order valence-electron chi connectivity index (χ0n) is 16.2. The van der Waals surface area contributed by atoms with Crippen LogP contribution in [0.25, 0.3) is 6.08 Å². The van der Waals surface area contributed by atoms with E-state index in [0.717, 1.165) is 67.4 Å². The molecule has 3 heterocycles. The smallest absolute Gasteiger partial charge is 0.163 e. The molecule has 0 bridgehead atoms. The van der Waals surface area contributed by atoms with Gasteiger partial charge < -0.3 is 4.90 Å². The maximum Gasteiger partial charge on any atom is 0.163 e. The molecule has 1 aliphatic carbocycles. The molecule has 0 atom stereocenters. The number of pyridine rings is 2. The molecule has 4 rings (SSSR count). The number of ketones is 1. The quantitative estimate of drug-likeness (QED) is 0.773. The summed E-state index contributed by atoms with van der Waals surface area (Å²) in [6.07, 6.45) is 12.3. The van der Waals surface area contributed by atoms with Gasteiger partial charge in [-0.15, -0.1) is 6.42 Å². The topological polar surface area (TPSA) is 49.3 Å². The van der Waals surface area contributed by atoms with Gasteiger partial charge in [0.05, 0.1) is 5.69 Å². The van der Waals surface area contributed by atoms with Crippen molar-refractivity contribution in [2.75, 3.05) is 31.1 Å². The van der Waals surface area contributed by atoms with Crippen LogP contribution in [0.3, 0.4) is 0 Å². The number of piperazine rings is 1. The molecular weight excluding hydrogens is 348 g/mol. The first kappa shape index (κ1) is 18.4. The van der Waals surface area contributed by atoms with Crippen molar-refractivity contribution in [2.24, 2.45) is 0 Å². The zero-order valence-corrected chi connectivity index (χ0v) is 16.2. The number of nitrogens with zero attached hydrogens (tertiary/aromatic N) is 4. The lowest BCUT2D eigenvalue weighted by Gasteiger charge is -2.35. The summed E-state index contributed by atoms with van der Waals surface area (Å²) in [4.78, 5) is 26.0. The first-order chi connectivity index (χ1) is 13.7. The highest BCUT2D eigenvalue weighted by atomic mass is 16.1. The maximum atomic E-state index is 12.2. The van der Waals surface area contributed by atoms with Crippen LogP contribution >= 0.6 is 0 Å². The molecule has 1 saturated heterocycles. The van der Waals surface area contributed by atoms with Crippen LogP contribution in [0.4, 0.5) is 5.82 Å². The molecule has 5 heteroatoms. The standard InChI is InChI=1S/C23H24N4O/c1-3-17-5-6-23(25-14-17)27-9-7-26(8-10-27)16-18-11-20-13-22(28)19(4-2)12-21(20)24-15-18/h1,5-6,11-12,14-15H,4,7-10,13,16H2,2H3. The van der Waals surface area contributed by atoms with Crippen molar-refractivity contribution in [3.05, 3.63) is 58.6 Å². The molecule has 5 nitrogen and oxygen atoms in total. The number of terminal acetylenes is 1. The summed E-state index contributed by atoms with van der Waals surface area (Å²) in [5.41, 5.74) is 4.86. The van der Waals surface area contributed by atoms with E-state index in [4.69, 9.17) is 6.42 Å². The zero-order chi connectivity index (χ0) is 19.5. The van der Waals surface area contributed by atoms with Crippen LogP contribution in [0.5, 0.6) is 0 Å². The third kappa shape index (κ3) is 3.83. The number of hydrogen-bond donors (Lipinski definition) is 0. The Morgan fingerprint density at radius 1 is 1.14 bits per heavy atom. The predicted molar refractivity (Wildman–Crippen MR) is 111 cm³/mol. The van der Waals surface area contributed by atoms with E-state index in [-0.39, 0.29) is 5.78 Å². The summed E-state index contributed by atoms with van der Waals surface area (Å²) in [6, 6.07) is 6.08. The summed E-state index contributed by atoms with van der Waals surface area (Å²) in [5, 5.41) is 0. The number of carbonyl (C=O) groups excluding carboxylic acids is 1. The van der Waals surface area contributed by atoms with E-state index in [1.54, 1.807) is 6.20 Å². The van der Waals surface area contributed by atoms with Crippen LogP contribution in [0.1, 0.15) is 35.7 Å². The van der Waals surface area contributed by atoms with E-state index in [0.29, 0.717) is 6.42 Å². The van der Waals surface area contributed by atoms with Crippen LogP contribution in [0.2, 0.25) is 0 Å². The maximum absolute atomic E-state index is 12.2. The number of aromatic nitrogens is 2. The minimum atomic E-state index is 0.228. The number of rotatable bonds is 4. The Balaban J connectivity index is 1.38. The normalized spacial score (nSPS) is 17.1. The van der Waals surface area contributed by atoms with E-state index in [9.17, 15) is 4.79 Å². The summed E-state index contributed by atoms with van der Waals surface area (Å²) in [6.45, 7) is 6.67. The largest absolute Gasteiger partial charge is 0.354 e. The van der Waals surface area contributed by atoms with Crippen molar-refractivity contribution < 1.29 is 4.79 Å². The second-order valence-corrected chi connectivity index (χ2v) is 7.32. The molecule has 2 aliphatic rings. The third-order valence-electron chi connectivity index (χ3n) is 5.48. The lowest BCUT2D eigenvalue weighted by Crippen LogP contribution is -2.46. The number of fused-ring (bicyclic) bond motifs is 1. The van der Waals surface area contributed by atoms with Crippen LogP contribution < -0.4 is 4.90 Å².